The highest BCUT2D eigenvalue weighted by molar-refractivity contribution is 5.90. The highest BCUT2D eigenvalue weighted by atomic mass is 16.5. The molecule has 2 aromatic carbocycles. The Balaban J connectivity index is 1.95. The van der Waals surface area contributed by atoms with Gasteiger partial charge in [0.15, 0.2) is 6.73 Å². The van der Waals surface area contributed by atoms with Gasteiger partial charge in [0.25, 0.3) is 0 Å². The second-order valence-corrected chi connectivity index (χ2v) is 6.69. The van der Waals surface area contributed by atoms with E-state index in [1.807, 2.05) is 19.1 Å². The Morgan fingerprint density at radius 1 is 1.17 bits per heavy atom. The lowest BCUT2D eigenvalue weighted by molar-refractivity contribution is 0.233. The van der Waals surface area contributed by atoms with E-state index in [2.05, 4.69) is 37.5 Å². The van der Waals surface area contributed by atoms with Gasteiger partial charge in [-0.3, -0.25) is 0 Å². The average molecular weight is 328 g/mol. The number of para-hydroxylation sites is 2. The Morgan fingerprint density at radius 3 is 2.54 bits per heavy atom. The molecule has 2 rings (SSSR count). The molecule has 0 radical (unpaired) electrons. The summed E-state index contributed by atoms with van der Waals surface area (Å²) in [5.41, 5.74) is 2.54. The summed E-state index contributed by atoms with van der Waals surface area (Å²) in [5, 5.41) is 14.8. The van der Waals surface area contributed by atoms with Crippen LogP contribution in [0.3, 0.4) is 0 Å². The smallest absolute Gasteiger partial charge is 0.321 e. The molecule has 0 aliphatic heterocycles. The molecule has 0 heterocycles. The van der Waals surface area contributed by atoms with Crippen LogP contribution in [0.5, 0.6) is 11.5 Å². The number of anilines is 1. The van der Waals surface area contributed by atoms with Crippen molar-refractivity contribution in [2.45, 2.75) is 33.1 Å². The van der Waals surface area contributed by atoms with Gasteiger partial charge in [0.2, 0.25) is 0 Å². The van der Waals surface area contributed by atoms with Crippen LogP contribution in [0.15, 0.2) is 42.5 Å². The van der Waals surface area contributed by atoms with Crippen LogP contribution in [0, 0.1) is 6.92 Å². The molecule has 0 aromatic heterocycles. The zero-order chi connectivity index (χ0) is 17.7. The van der Waals surface area contributed by atoms with E-state index in [-0.39, 0.29) is 17.9 Å². The van der Waals surface area contributed by atoms with E-state index >= 15 is 0 Å². The van der Waals surface area contributed by atoms with Gasteiger partial charge in [-0.05, 0) is 36.1 Å². The molecular formula is C19H24N2O3. The molecule has 2 amide bonds. The maximum Gasteiger partial charge on any atom is 0.321 e. The van der Waals surface area contributed by atoms with Crippen molar-refractivity contribution >= 4 is 11.7 Å². The summed E-state index contributed by atoms with van der Waals surface area (Å²) in [6, 6.07) is 12.1. The van der Waals surface area contributed by atoms with E-state index in [1.165, 1.54) is 6.07 Å². The number of rotatable bonds is 4. The third kappa shape index (κ3) is 4.65. The van der Waals surface area contributed by atoms with E-state index in [0.29, 0.717) is 5.69 Å². The van der Waals surface area contributed by atoms with Crippen LogP contribution in [0.4, 0.5) is 10.5 Å². The van der Waals surface area contributed by atoms with Crippen LogP contribution >= 0.6 is 0 Å². The molecule has 0 unspecified atom stereocenters. The summed E-state index contributed by atoms with van der Waals surface area (Å²) < 4.78 is 5.72. The number of nitrogens with one attached hydrogen (secondary N) is 2. The number of aryl methyl sites for hydroxylation is 1. The second-order valence-electron chi connectivity index (χ2n) is 6.69. The van der Waals surface area contributed by atoms with Crippen molar-refractivity contribution in [3.63, 3.8) is 0 Å². The van der Waals surface area contributed by atoms with Gasteiger partial charge in [0, 0.05) is 0 Å². The number of hydrogen-bond donors (Lipinski definition) is 3. The summed E-state index contributed by atoms with van der Waals surface area (Å²) in [6.45, 7) is 8.43. The van der Waals surface area contributed by atoms with E-state index in [0.717, 1.165) is 16.9 Å². The molecule has 5 heteroatoms. The number of hydrogen-bond acceptors (Lipinski definition) is 3. The van der Waals surface area contributed by atoms with Gasteiger partial charge in [0.1, 0.15) is 11.5 Å². The molecule has 0 bridgehead atoms. The van der Waals surface area contributed by atoms with Crippen molar-refractivity contribution in [1.29, 1.82) is 0 Å². The molecule has 24 heavy (non-hydrogen) atoms. The molecule has 128 valence electrons. The second kappa shape index (κ2) is 7.25. The predicted octanol–water partition coefficient (Wildman–Crippen LogP) is 4.16. The largest absolute Gasteiger partial charge is 0.506 e. The molecule has 0 aliphatic rings. The summed E-state index contributed by atoms with van der Waals surface area (Å²) in [5.74, 6) is 0.762. The van der Waals surface area contributed by atoms with Gasteiger partial charge in [0.05, 0.1) is 5.69 Å². The van der Waals surface area contributed by atoms with E-state index in [4.69, 9.17) is 4.74 Å². The van der Waals surface area contributed by atoms with Gasteiger partial charge < -0.3 is 20.5 Å². The first-order valence-corrected chi connectivity index (χ1v) is 7.84. The van der Waals surface area contributed by atoms with Gasteiger partial charge in [-0.25, -0.2) is 4.79 Å². The minimum Gasteiger partial charge on any atom is -0.506 e. The van der Waals surface area contributed by atoms with Crippen molar-refractivity contribution in [2.24, 2.45) is 0 Å². The molecule has 3 N–H and O–H groups in total. The summed E-state index contributed by atoms with van der Waals surface area (Å²) in [4.78, 5) is 11.9. The zero-order valence-corrected chi connectivity index (χ0v) is 14.5. The molecular weight excluding hydrogens is 304 g/mol. The fourth-order valence-electron chi connectivity index (χ4n) is 2.28. The third-order valence-corrected chi connectivity index (χ3v) is 3.56. The molecule has 0 saturated heterocycles. The van der Waals surface area contributed by atoms with Crippen LogP contribution in [0.1, 0.15) is 31.9 Å². The van der Waals surface area contributed by atoms with Crippen LogP contribution in [0.2, 0.25) is 0 Å². The van der Waals surface area contributed by atoms with Crippen molar-refractivity contribution < 1.29 is 14.6 Å². The Hall–Kier alpha value is -2.69. The van der Waals surface area contributed by atoms with Crippen LogP contribution in [0.25, 0.3) is 0 Å². The number of amides is 2. The number of phenolic OH excluding ortho intramolecular Hbond substituents is 1. The number of benzene rings is 2. The third-order valence-electron chi connectivity index (χ3n) is 3.56. The normalized spacial score (nSPS) is 11.0. The lowest BCUT2D eigenvalue weighted by Gasteiger charge is -2.23. The fraction of sp³-hybridized carbons (Fsp3) is 0.316. The number of phenols is 1. The molecule has 0 aliphatic carbocycles. The quantitative estimate of drug-likeness (QED) is 0.583. The van der Waals surface area contributed by atoms with Crippen molar-refractivity contribution in [1.82, 2.24) is 5.32 Å². The molecule has 0 saturated carbocycles. The minimum atomic E-state index is -0.444. The maximum atomic E-state index is 11.9. The number of urea groups is 1. The van der Waals surface area contributed by atoms with Crippen molar-refractivity contribution in [3.05, 3.63) is 53.6 Å². The Kier molecular flexibility index (Phi) is 5.34. The van der Waals surface area contributed by atoms with Crippen LogP contribution in [-0.2, 0) is 5.41 Å². The van der Waals surface area contributed by atoms with Gasteiger partial charge in [-0.1, -0.05) is 50.6 Å². The van der Waals surface area contributed by atoms with Crippen LogP contribution < -0.4 is 15.4 Å². The summed E-state index contributed by atoms with van der Waals surface area (Å²) in [7, 11) is 0. The average Bonchev–Trinajstić information content (AvgIpc) is 2.50. The van der Waals surface area contributed by atoms with E-state index < -0.39 is 6.03 Å². The number of carbonyl (C=O) groups excluding carboxylic acids is 1. The van der Waals surface area contributed by atoms with Crippen molar-refractivity contribution in [3.8, 4) is 11.5 Å². The van der Waals surface area contributed by atoms with Gasteiger partial charge in [-0.15, -0.1) is 0 Å². The SMILES string of the molecule is Cc1ccc(OCNC(=O)Nc2ccccc2O)c(C(C)(C)C)c1. The number of carbonyl (C=O) groups is 1. The molecule has 5 nitrogen and oxygen atoms in total. The zero-order valence-electron chi connectivity index (χ0n) is 14.5. The molecule has 2 aromatic rings. The molecule has 0 atom stereocenters. The fourth-order valence-corrected chi connectivity index (χ4v) is 2.28. The Morgan fingerprint density at radius 2 is 1.88 bits per heavy atom. The summed E-state index contributed by atoms with van der Waals surface area (Å²) in [6.07, 6.45) is 0. The monoisotopic (exact) mass is 328 g/mol. The summed E-state index contributed by atoms with van der Waals surface area (Å²) >= 11 is 0. The lowest BCUT2D eigenvalue weighted by atomic mass is 9.85. The predicted molar refractivity (Wildman–Crippen MR) is 95.6 cm³/mol. The Bertz CT molecular complexity index is 721. The van der Waals surface area contributed by atoms with E-state index in [9.17, 15) is 9.90 Å². The highest BCUT2D eigenvalue weighted by Crippen LogP contribution is 2.32. The lowest BCUT2D eigenvalue weighted by Crippen LogP contribution is -2.32. The first-order valence-electron chi connectivity index (χ1n) is 7.84. The molecule has 0 fully saturated rings. The standard InChI is InChI=1S/C19H24N2O3/c1-13-9-10-17(14(11-13)19(2,3)4)24-12-20-18(23)21-15-7-5-6-8-16(15)22/h5-11,22H,12H2,1-4H3,(H2,20,21,23). The van der Waals surface area contributed by atoms with Crippen LogP contribution in [-0.4, -0.2) is 17.9 Å². The topological polar surface area (TPSA) is 70.6 Å². The highest BCUT2D eigenvalue weighted by Gasteiger charge is 2.19. The maximum absolute atomic E-state index is 11.9. The van der Waals surface area contributed by atoms with Gasteiger partial charge in [-0.2, -0.15) is 0 Å². The van der Waals surface area contributed by atoms with Gasteiger partial charge >= 0.3 is 6.03 Å². The molecule has 0 spiro atoms. The minimum absolute atomic E-state index is 0.0159. The van der Waals surface area contributed by atoms with Crippen molar-refractivity contribution in [2.75, 3.05) is 12.0 Å². The first-order chi connectivity index (χ1) is 11.3. The van der Waals surface area contributed by atoms with E-state index in [1.54, 1.807) is 18.2 Å². The number of ether oxygens (including phenoxy) is 1. The Labute approximate surface area is 142 Å². The first kappa shape index (κ1) is 17.7. The number of aromatic hydroxyl groups is 1.